The SMILES string of the molecule is CCCCCCCC(CCCCCC)OC(=O)CCCCCCN. The maximum absolute atomic E-state index is 12.1. The molecular formula is C21H43NO2. The molecule has 2 N–H and O–H groups in total. The molecule has 0 spiro atoms. The number of nitrogens with two attached hydrogens (primary N) is 1. The number of carbonyl (C=O) groups is 1. The molecule has 0 heterocycles. The molecule has 144 valence electrons. The van der Waals surface area contributed by atoms with E-state index in [0.717, 1.165) is 45.1 Å². The first-order valence-electron chi connectivity index (χ1n) is 10.6. The molecule has 0 aromatic carbocycles. The third-order valence-electron chi connectivity index (χ3n) is 4.64. The largest absolute Gasteiger partial charge is 0.462 e. The standard InChI is InChI=1S/C21H43NO2/c1-3-5-7-9-13-17-20(16-12-8-6-4-2)24-21(23)18-14-10-11-15-19-22/h20H,3-19,22H2,1-2H3. The second kappa shape index (κ2) is 18.8. The Bertz CT molecular complexity index is 269. The Hall–Kier alpha value is -0.570. The van der Waals surface area contributed by atoms with E-state index in [1.165, 1.54) is 57.8 Å². The van der Waals surface area contributed by atoms with Crippen LogP contribution in [-0.2, 0) is 9.53 Å². The molecule has 0 aromatic heterocycles. The van der Waals surface area contributed by atoms with E-state index in [1.54, 1.807) is 0 Å². The average molecular weight is 342 g/mol. The molecule has 0 aliphatic heterocycles. The number of ether oxygens (including phenoxy) is 1. The van der Waals surface area contributed by atoms with E-state index >= 15 is 0 Å². The summed E-state index contributed by atoms with van der Waals surface area (Å²) in [6.45, 7) is 5.23. The molecule has 24 heavy (non-hydrogen) atoms. The van der Waals surface area contributed by atoms with E-state index in [4.69, 9.17) is 10.5 Å². The molecule has 3 heteroatoms. The number of hydrogen-bond donors (Lipinski definition) is 1. The van der Waals surface area contributed by atoms with Gasteiger partial charge in [0.25, 0.3) is 0 Å². The van der Waals surface area contributed by atoms with Gasteiger partial charge in [0.05, 0.1) is 0 Å². The quantitative estimate of drug-likeness (QED) is 0.241. The highest BCUT2D eigenvalue weighted by atomic mass is 16.5. The first-order valence-corrected chi connectivity index (χ1v) is 10.6. The van der Waals surface area contributed by atoms with Crippen LogP contribution in [0.15, 0.2) is 0 Å². The maximum atomic E-state index is 12.1. The van der Waals surface area contributed by atoms with Crippen LogP contribution in [-0.4, -0.2) is 18.6 Å². The average Bonchev–Trinajstić information content (AvgIpc) is 2.58. The molecule has 0 aromatic rings. The van der Waals surface area contributed by atoms with Crippen LogP contribution in [0.3, 0.4) is 0 Å². The molecule has 0 fully saturated rings. The highest BCUT2D eigenvalue weighted by Crippen LogP contribution is 2.17. The Labute approximate surface area is 151 Å². The zero-order valence-corrected chi connectivity index (χ0v) is 16.5. The highest BCUT2D eigenvalue weighted by Gasteiger charge is 2.14. The number of carbonyl (C=O) groups excluding carboxylic acids is 1. The van der Waals surface area contributed by atoms with Crippen LogP contribution >= 0.6 is 0 Å². The predicted octanol–water partition coefficient (Wildman–Crippen LogP) is 6.14. The summed E-state index contributed by atoms with van der Waals surface area (Å²) < 4.78 is 5.78. The molecule has 0 amide bonds. The van der Waals surface area contributed by atoms with Crippen molar-refractivity contribution in [1.82, 2.24) is 0 Å². The van der Waals surface area contributed by atoms with Crippen molar-refractivity contribution in [3.63, 3.8) is 0 Å². The smallest absolute Gasteiger partial charge is 0.306 e. The minimum absolute atomic E-state index is 0.0109. The molecule has 1 unspecified atom stereocenters. The Morgan fingerprint density at radius 1 is 0.750 bits per heavy atom. The molecule has 3 nitrogen and oxygen atoms in total. The first kappa shape index (κ1) is 23.4. The van der Waals surface area contributed by atoms with Gasteiger partial charge < -0.3 is 10.5 Å². The lowest BCUT2D eigenvalue weighted by atomic mass is 10.0. The van der Waals surface area contributed by atoms with E-state index in [0.29, 0.717) is 6.42 Å². The maximum Gasteiger partial charge on any atom is 0.306 e. The van der Waals surface area contributed by atoms with Crippen LogP contribution in [0, 0.1) is 0 Å². The monoisotopic (exact) mass is 341 g/mol. The Kier molecular flexibility index (Phi) is 18.3. The molecular weight excluding hydrogens is 298 g/mol. The van der Waals surface area contributed by atoms with Gasteiger partial charge in [0, 0.05) is 6.42 Å². The molecule has 0 aliphatic carbocycles. The van der Waals surface area contributed by atoms with Crippen LogP contribution in [0.25, 0.3) is 0 Å². The predicted molar refractivity (Wildman–Crippen MR) is 104 cm³/mol. The fourth-order valence-electron chi connectivity index (χ4n) is 3.05. The normalized spacial score (nSPS) is 12.3. The summed E-state index contributed by atoms with van der Waals surface area (Å²) >= 11 is 0. The molecule has 0 aliphatic rings. The summed E-state index contributed by atoms with van der Waals surface area (Å²) in [7, 11) is 0. The Morgan fingerprint density at radius 3 is 1.83 bits per heavy atom. The molecule has 1 atom stereocenters. The van der Waals surface area contributed by atoms with Crippen LogP contribution in [0.2, 0.25) is 0 Å². The van der Waals surface area contributed by atoms with Gasteiger partial charge in [0.1, 0.15) is 6.10 Å². The van der Waals surface area contributed by atoms with Gasteiger partial charge in [0.15, 0.2) is 0 Å². The second-order valence-corrected chi connectivity index (χ2v) is 7.12. The Morgan fingerprint density at radius 2 is 1.25 bits per heavy atom. The van der Waals surface area contributed by atoms with Crippen LogP contribution in [0.4, 0.5) is 0 Å². The van der Waals surface area contributed by atoms with E-state index in [-0.39, 0.29) is 12.1 Å². The van der Waals surface area contributed by atoms with E-state index in [1.807, 2.05) is 0 Å². The van der Waals surface area contributed by atoms with Crippen molar-refractivity contribution in [2.24, 2.45) is 5.73 Å². The van der Waals surface area contributed by atoms with Gasteiger partial charge >= 0.3 is 5.97 Å². The topological polar surface area (TPSA) is 52.3 Å². The molecule has 0 radical (unpaired) electrons. The zero-order chi connectivity index (χ0) is 17.9. The number of esters is 1. The van der Waals surface area contributed by atoms with Gasteiger partial charge in [-0.05, 0) is 45.1 Å². The van der Waals surface area contributed by atoms with Crippen LogP contribution in [0.5, 0.6) is 0 Å². The van der Waals surface area contributed by atoms with E-state index in [9.17, 15) is 4.79 Å². The summed E-state index contributed by atoms with van der Waals surface area (Å²) in [5.74, 6) is 0.0109. The summed E-state index contributed by atoms with van der Waals surface area (Å²) in [5.41, 5.74) is 5.49. The van der Waals surface area contributed by atoms with E-state index in [2.05, 4.69) is 13.8 Å². The summed E-state index contributed by atoms with van der Waals surface area (Å²) in [6, 6.07) is 0. The first-order chi connectivity index (χ1) is 11.7. The van der Waals surface area contributed by atoms with Crippen molar-refractivity contribution in [3.05, 3.63) is 0 Å². The molecule has 0 rings (SSSR count). The Balaban J connectivity index is 3.94. The van der Waals surface area contributed by atoms with Gasteiger partial charge in [-0.3, -0.25) is 4.79 Å². The van der Waals surface area contributed by atoms with Crippen molar-refractivity contribution < 1.29 is 9.53 Å². The molecule has 0 bridgehead atoms. The lowest BCUT2D eigenvalue weighted by Crippen LogP contribution is -2.18. The van der Waals surface area contributed by atoms with Crippen molar-refractivity contribution in [2.75, 3.05) is 6.54 Å². The summed E-state index contributed by atoms with van der Waals surface area (Å²) in [6.07, 6.45) is 18.4. The molecule has 0 saturated carbocycles. The van der Waals surface area contributed by atoms with Crippen molar-refractivity contribution in [3.8, 4) is 0 Å². The van der Waals surface area contributed by atoms with Crippen molar-refractivity contribution in [2.45, 2.75) is 123 Å². The van der Waals surface area contributed by atoms with Gasteiger partial charge in [-0.25, -0.2) is 0 Å². The zero-order valence-electron chi connectivity index (χ0n) is 16.5. The summed E-state index contributed by atoms with van der Waals surface area (Å²) in [4.78, 5) is 12.1. The number of unbranched alkanes of at least 4 members (excludes halogenated alkanes) is 10. The van der Waals surface area contributed by atoms with Gasteiger partial charge in [-0.15, -0.1) is 0 Å². The fourth-order valence-corrected chi connectivity index (χ4v) is 3.05. The third kappa shape index (κ3) is 16.3. The number of rotatable bonds is 18. The fraction of sp³-hybridized carbons (Fsp3) is 0.952. The minimum atomic E-state index is 0.0109. The van der Waals surface area contributed by atoms with Crippen molar-refractivity contribution in [1.29, 1.82) is 0 Å². The molecule has 0 saturated heterocycles. The minimum Gasteiger partial charge on any atom is -0.462 e. The van der Waals surface area contributed by atoms with Gasteiger partial charge in [-0.1, -0.05) is 71.6 Å². The van der Waals surface area contributed by atoms with Crippen LogP contribution < -0.4 is 5.73 Å². The second-order valence-electron chi connectivity index (χ2n) is 7.12. The summed E-state index contributed by atoms with van der Waals surface area (Å²) in [5, 5.41) is 0. The van der Waals surface area contributed by atoms with Gasteiger partial charge in [0.2, 0.25) is 0 Å². The third-order valence-corrected chi connectivity index (χ3v) is 4.64. The van der Waals surface area contributed by atoms with E-state index < -0.39 is 0 Å². The van der Waals surface area contributed by atoms with Gasteiger partial charge in [-0.2, -0.15) is 0 Å². The highest BCUT2D eigenvalue weighted by molar-refractivity contribution is 5.69. The lowest BCUT2D eigenvalue weighted by Gasteiger charge is -2.18. The lowest BCUT2D eigenvalue weighted by molar-refractivity contribution is -0.150. The van der Waals surface area contributed by atoms with Crippen LogP contribution in [0.1, 0.15) is 117 Å². The van der Waals surface area contributed by atoms with Crippen molar-refractivity contribution >= 4 is 5.97 Å². The number of hydrogen-bond acceptors (Lipinski definition) is 3.